The Hall–Kier alpha value is -1.49. The fourth-order valence-electron chi connectivity index (χ4n) is 1.68. The van der Waals surface area contributed by atoms with Crippen molar-refractivity contribution < 1.29 is 14.7 Å². The smallest absolute Gasteiger partial charge is 0.316 e. The van der Waals surface area contributed by atoms with Crippen molar-refractivity contribution >= 4 is 29.3 Å². The highest BCUT2D eigenvalue weighted by Crippen LogP contribution is 2.32. The molecule has 5 heteroatoms. The van der Waals surface area contributed by atoms with Crippen molar-refractivity contribution in [2.45, 2.75) is 49.7 Å². The van der Waals surface area contributed by atoms with Crippen molar-refractivity contribution in [3.8, 4) is 0 Å². The van der Waals surface area contributed by atoms with Crippen LogP contribution in [0.4, 0.5) is 5.69 Å². The van der Waals surface area contributed by atoms with E-state index in [2.05, 4.69) is 5.32 Å². The van der Waals surface area contributed by atoms with Gasteiger partial charge in [0.2, 0.25) is 5.91 Å². The maximum atomic E-state index is 11.8. The number of unbranched alkanes of at least 4 members (excludes halogenated alkanes) is 1. The lowest BCUT2D eigenvalue weighted by atomic mass is 10.2. The molecule has 2 N–H and O–H groups in total. The summed E-state index contributed by atoms with van der Waals surface area (Å²) in [4.78, 5) is 23.7. The van der Waals surface area contributed by atoms with Gasteiger partial charge in [-0.1, -0.05) is 32.4 Å². The molecule has 1 aromatic rings. The summed E-state index contributed by atoms with van der Waals surface area (Å²) in [6.07, 6.45) is 2.86. The second-order valence-electron chi connectivity index (χ2n) is 4.50. The maximum absolute atomic E-state index is 11.8. The zero-order valence-corrected chi connectivity index (χ0v) is 12.7. The minimum atomic E-state index is -0.829. The SMILES string of the molecule is CCCCC(=O)Nc1ccccc1SC(CC)C(=O)O. The van der Waals surface area contributed by atoms with Crippen molar-refractivity contribution in [2.24, 2.45) is 0 Å². The quantitative estimate of drug-likeness (QED) is 0.716. The number of carboxylic acids is 1. The van der Waals surface area contributed by atoms with Gasteiger partial charge in [-0.25, -0.2) is 0 Å². The van der Waals surface area contributed by atoms with E-state index < -0.39 is 11.2 Å². The highest BCUT2D eigenvalue weighted by Gasteiger charge is 2.18. The molecule has 1 amide bonds. The zero-order valence-electron chi connectivity index (χ0n) is 11.9. The summed E-state index contributed by atoms with van der Waals surface area (Å²) < 4.78 is 0. The molecule has 1 rings (SSSR count). The molecule has 4 nitrogen and oxygen atoms in total. The van der Waals surface area contributed by atoms with E-state index in [1.165, 1.54) is 11.8 Å². The van der Waals surface area contributed by atoms with E-state index in [1.54, 1.807) is 6.07 Å². The zero-order chi connectivity index (χ0) is 15.0. The van der Waals surface area contributed by atoms with Crippen molar-refractivity contribution in [1.82, 2.24) is 0 Å². The highest BCUT2D eigenvalue weighted by atomic mass is 32.2. The van der Waals surface area contributed by atoms with Crippen molar-refractivity contribution in [1.29, 1.82) is 0 Å². The second-order valence-corrected chi connectivity index (χ2v) is 5.75. The maximum Gasteiger partial charge on any atom is 0.316 e. The first-order valence-corrected chi connectivity index (χ1v) is 7.74. The molecule has 1 aromatic carbocycles. The molecular weight excluding hydrogens is 274 g/mol. The van der Waals surface area contributed by atoms with Crippen molar-refractivity contribution in [3.63, 3.8) is 0 Å². The Morgan fingerprint density at radius 3 is 2.60 bits per heavy atom. The Morgan fingerprint density at radius 2 is 2.00 bits per heavy atom. The summed E-state index contributed by atoms with van der Waals surface area (Å²) in [5.41, 5.74) is 0.693. The number of carbonyl (C=O) groups is 2. The number of para-hydroxylation sites is 1. The van der Waals surface area contributed by atoms with Gasteiger partial charge in [-0.15, -0.1) is 11.8 Å². The number of amides is 1. The first kappa shape index (κ1) is 16.6. The van der Waals surface area contributed by atoms with Gasteiger partial charge in [0.05, 0.1) is 5.69 Å². The van der Waals surface area contributed by atoms with E-state index >= 15 is 0 Å². The molecule has 0 aliphatic rings. The standard InChI is InChI=1S/C15H21NO3S/c1-3-5-10-14(17)16-11-8-6-7-9-13(11)20-12(4-2)15(18)19/h6-9,12H,3-5,10H2,1-2H3,(H,16,17)(H,18,19). The fourth-order valence-corrected chi connectivity index (χ4v) is 2.66. The van der Waals surface area contributed by atoms with Crippen LogP contribution in [0.5, 0.6) is 0 Å². The van der Waals surface area contributed by atoms with Gasteiger partial charge < -0.3 is 10.4 Å². The normalized spacial score (nSPS) is 11.9. The van der Waals surface area contributed by atoms with Crippen molar-refractivity contribution in [3.05, 3.63) is 24.3 Å². The Labute approximate surface area is 124 Å². The number of thioether (sulfide) groups is 1. The van der Waals surface area contributed by atoms with Crippen LogP contribution in [-0.2, 0) is 9.59 Å². The minimum absolute atomic E-state index is 0.0247. The lowest BCUT2D eigenvalue weighted by Gasteiger charge is -2.14. The summed E-state index contributed by atoms with van der Waals surface area (Å²) in [5.74, 6) is -0.854. The lowest BCUT2D eigenvalue weighted by Crippen LogP contribution is -2.16. The molecule has 0 saturated carbocycles. The molecule has 0 fully saturated rings. The molecule has 110 valence electrons. The summed E-state index contributed by atoms with van der Waals surface area (Å²) in [7, 11) is 0. The summed E-state index contributed by atoms with van der Waals surface area (Å²) in [5, 5.41) is 11.5. The van der Waals surface area contributed by atoms with Gasteiger partial charge in [0.25, 0.3) is 0 Å². The molecule has 20 heavy (non-hydrogen) atoms. The first-order chi connectivity index (χ1) is 9.58. The lowest BCUT2D eigenvalue weighted by molar-refractivity contribution is -0.136. The van der Waals surface area contributed by atoms with Crippen LogP contribution < -0.4 is 5.32 Å². The van der Waals surface area contributed by atoms with E-state index in [0.29, 0.717) is 18.5 Å². The average molecular weight is 295 g/mol. The summed E-state index contributed by atoms with van der Waals surface area (Å²) in [6, 6.07) is 7.33. The Morgan fingerprint density at radius 1 is 1.30 bits per heavy atom. The third-order valence-electron chi connectivity index (χ3n) is 2.83. The number of aliphatic carboxylic acids is 1. The van der Waals surface area contributed by atoms with E-state index in [1.807, 2.05) is 32.0 Å². The molecular formula is C15H21NO3S. The number of rotatable bonds is 8. The highest BCUT2D eigenvalue weighted by molar-refractivity contribution is 8.00. The van der Waals surface area contributed by atoms with Gasteiger partial charge in [0, 0.05) is 11.3 Å². The predicted octanol–water partition coefficient (Wildman–Crippen LogP) is 3.77. The molecule has 0 radical (unpaired) electrons. The number of hydrogen-bond donors (Lipinski definition) is 2. The molecule has 0 saturated heterocycles. The molecule has 0 heterocycles. The number of benzene rings is 1. The third kappa shape index (κ3) is 5.25. The van der Waals surface area contributed by atoms with Crippen LogP contribution in [0.1, 0.15) is 39.5 Å². The molecule has 0 aromatic heterocycles. The van der Waals surface area contributed by atoms with E-state index in [0.717, 1.165) is 17.7 Å². The van der Waals surface area contributed by atoms with E-state index in [-0.39, 0.29) is 5.91 Å². The van der Waals surface area contributed by atoms with Gasteiger partial charge in [-0.05, 0) is 25.0 Å². The number of carbonyl (C=O) groups excluding carboxylic acids is 1. The third-order valence-corrected chi connectivity index (χ3v) is 4.26. The molecule has 0 bridgehead atoms. The average Bonchev–Trinajstić information content (AvgIpc) is 2.43. The van der Waals surface area contributed by atoms with Crippen molar-refractivity contribution in [2.75, 3.05) is 5.32 Å². The molecule has 0 aliphatic carbocycles. The monoisotopic (exact) mass is 295 g/mol. The van der Waals surface area contributed by atoms with E-state index in [9.17, 15) is 9.59 Å². The molecule has 0 spiro atoms. The first-order valence-electron chi connectivity index (χ1n) is 6.86. The second kappa shape index (κ2) is 8.64. The Bertz CT molecular complexity index is 462. The number of anilines is 1. The number of hydrogen-bond acceptors (Lipinski definition) is 3. The van der Waals surface area contributed by atoms with Gasteiger partial charge in [0.15, 0.2) is 0 Å². The largest absolute Gasteiger partial charge is 0.480 e. The van der Waals surface area contributed by atoms with Gasteiger partial charge >= 0.3 is 5.97 Å². The van der Waals surface area contributed by atoms with Crippen LogP contribution >= 0.6 is 11.8 Å². The summed E-state index contributed by atoms with van der Waals surface area (Å²) in [6.45, 7) is 3.88. The van der Waals surface area contributed by atoms with Gasteiger partial charge in [-0.2, -0.15) is 0 Å². The van der Waals surface area contributed by atoms with Gasteiger partial charge in [-0.3, -0.25) is 9.59 Å². The predicted molar refractivity (Wildman–Crippen MR) is 82.2 cm³/mol. The van der Waals surface area contributed by atoms with Crippen LogP contribution in [0.3, 0.4) is 0 Å². The van der Waals surface area contributed by atoms with E-state index in [4.69, 9.17) is 5.11 Å². The van der Waals surface area contributed by atoms with Crippen LogP contribution in [0, 0.1) is 0 Å². The fraction of sp³-hybridized carbons (Fsp3) is 0.467. The van der Waals surface area contributed by atoms with Crippen LogP contribution in [0.25, 0.3) is 0 Å². The Balaban J connectivity index is 2.77. The van der Waals surface area contributed by atoms with Crippen LogP contribution in [0.2, 0.25) is 0 Å². The van der Waals surface area contributed by atoms with Gasteiger partial charge in [0.1, 0.15) is 5.25 Å². The number of carboxylic acid groups (broad SMARTS) is 1. The summed E-state index contributed by atoms with van der Waals surface area (Å²) >= 11 is 1.27. The number of nitrogens with one attached hydrogen (secondary N) is 1. The molecule has 1 unspecified atom stereocenters. The topological polar surface area (TPSA) is 66.4 Å². The molecule has 1 atom stereocenters. The Kier molecular flexibility index (Phi) is 7.15. The molecule has 0 aliphatic heterocycles. The van der Waals surface area contributed by atoms with Crippen LogP contribution in [-0.4, -0.2) is 22.2 Å². The van der Waals surface area contributed by atoms with Crippen LogP contribution in [0.15, 0.2) is 29.2 Å². The minimum Gasteiger partial charge on any atom is -0.480 e.